The molecule has 2 aliphatic heterocycles. The Morgan fingerprint density at radius 1 is 0.852 bits per heavy atom. The van der Waals surface area contributed by atoms with Gasteiger partial charge in [0.15, 0.2) is 23.6 Å². The highest BCUT2D eigenvalue weighted by atomic mass is 127. The molecule has 0 aliphatic carbocycles. The number of ether oxygens (including phenoxy) is 1. The highest BCUT2D eigenvalue weighted by Crippen LogP contribution is 2.43. The topological polar surface area (TPSA) is 122 Å². The first-order valence-electron chi connectivity index (χ1n) is 19.3. The van der Waals surface area contributed by atoms with Gasteiger partial charge in [-0.15, -0.1) is 29.5 Å². The quantitative estimate of drug-likeness (QED) is 0.0121. The van der Waals surface area contributed by atoms with Gasteiger partial charge < -0.3 is 20.2 Å². The second-order valence-corrected chi connectivity index (χ2v) is 16.7. The lowest BCUT2D eigenvalue weighted by atomic mass is 9.77. The van der Waals surface area contributed by atoms with Crippen molar-refractivity contribution in [2.24, 2.45) is 5.16 Å². The Morgan fingerprint density at radius 3 is 1.89 bits per heavy atom. The Hall–Kier alpha value is -6.21. The maximum atomic E-state index is 14.2. The number of esters is 1. The molecule has 0 radical (unpaired) electrons. The van der Waals surface area contributed by atoms with E-state index in [1.165, 1.54) is 28.0 Å². The summed E-state index contributed by atoms with van der Waals surface area (Å²) in [5.74, 6) is 1.09. The van der Waals surface area contributed by atoms with Crippen LogP contribution in [0.1, 0.15) is 39.6 Å². The number of fused-ring (bicyclic) bond motifs is 1. The zero-order chi connectivity index (χ0) is 42.2. The fourth-order valence-corrected chi connectivity index (χ4v) is 10.5. The molecule has 1 aromatic heterocycles. The molecular formula is C48H38IN5O5S2. The Morgan fingerprint density at radius 2 is 1.38 bits per heavy atom. The molecular weight excluding hydrogens is 918 g/mol. The van der Waals surface area contributed by atoms with E-state index < -0.39 is 40.8 Å². The van der Waals surface area contributed by atoms with E-state index in [-0.39, 0.29) is 23.7 Å². The SMILES string of the molecule is C#CCO/N=C(\C(=O)NC1C(=O)N2C(C(=O)OC(c3ccccc3)c3ccccc3)=C(CI)CSC12)c1csc(NC(c2ccccc2)(c2ccccc2)c2ccccc2)n1. The molecule has 10 nitrogen and oxygen atoms in total. The number of thioether (sulfide) groups is 1. The van der Waals surface area contributed by atoms with Gasteiger partial charge >= 0.3 is 5.97 Å². The van der Waals surface area contributed by atoms with E-state index in [1.54, 1.807) is 5.38 Å². The van der Waals surface area contributed by atoms with E-state index in [0.717, 1.165) is 33.4 Å². The normalized spacial score (nSPS) is 16.2. The van der Waals surface area contributed by atoms with E-state index in [9.17, 15) is 14.4 Å². The third-order valence-electron chi connectivity index (χ3n) is 10.3. The predicted molar refractivity (Wildman–Crippen MR) is 248 cm³/mol. The first-order chi connectivity index (χ1) is 29.9. The van der Waals surface area contributed by atoms with Crippen LogP contribution in [0.4, 0.5) is 5.13 Å². The van der Waals surface area contributed by atoms with E-state index in [4.69, 9.17) is 21.0 Å². The summed E-state index contributed by atoms with van der Waals surface area (Å²) in [7, 11) is 0. The number of oxime groups is 1. The molecule has 8 rings (SSSR count). The molecule has 0 spiro atoms. The van der Waals surface area contributed by atoms with Crippen LogP contribution in [0.15, 0.2) is 173 Å². The van der Waals surface area contributed by atoms with Crippen molar-refractivity contribution in [3.63, 3.8) is 0 Å². The molecule has 1 saturated heterocycles. The maximum Gasteiger partial charge on any atom is 0.356 e. The molecule has 61 heavy (non-hydrogen) atoms. The fourth-order valence-electron chi connectivity index (χ4n) is 7.45. The number of alkyl halides is 1. The van der Waals surface area contributed by atoms with Gasteiger partial charge in [-0.3, -0.25) is 14.5 Å². The molecule has 6 aromatic rings. The van der Waals surface area contributed by atoms with Gasteiger partial charge in [-0.1, -0.05) is 185 Å². The first-order valence-corrected chi connectivity index (χ1v) is 22.8. The van der Waals surface area contributed by atoms with Gasteiger partial charge in [0.2, 0.25) is 0 Å². The van der Waals surface area contributed by atoms with Gasteiger partial charge in [0.1, 0.15) is 28.3 Å². The van der Waals surface area contributed by atoms with Crippen LogP contribution in [-0.2, 0) is 29.5 Å². The molecule has 2 aliphatic rings. The zero-order valence-electron chi connectivity index (χ0n) is 32.5. The lowest BCUT2D eigenvalue weighted by molar-refractivity contribution is -0.154. The van der Waals surface area contributed by atoms with Crippen molar-refractivity contribution in [1.82, 2.24) is 15.2 Å². The predicted octanol–water partition coefficient (Wildman–Crippen LogP) is 8.32. The summed E-state index contributed by atoms with van der Waals surface area (Å²) in [6.07, 6.45) is 4.77. The molecule has 0 bridgehead atoms. The molecule has 304 valence electrons. The number of hydrogen-bond acceptors (Lipinski definition) is 10. The van der Waals surface area contributed by atoms with Crippen LogP contribution in [0.2, 0.25) is 0 Å². The smallest absolute Gasteiger partial charge is 0.356 e. The van der Waals surface area contributed by atoms with Gasteiger partial charge in [0, 0.05) is 15.6 Å². The van der Waals surface area contributed by atoms with Crippen molar-refractivity contribution in [1.29, 1.82) is 0 Å². The summed E-state index contributed by atoms with van der Waals surface area (Å²) in [5.41, 5.74) is 4.68. The third kappa shape index (κ3) is 8.56. The van der Waals surface area contributed by atoms with Crippen LogP contribution < -0.4 is 10.6 Å². The Balaban J connectivity index is 1.05. The highest BCUT2D eigenvalue weighted by Gasteiger charge is 2.55. The monoisotopic (exact) mass is 955 g/mol. The Kier molecular flexibility index (Phi) is 12.9. The molecule has 13 heteroatoms. The fraction of sp³-hybridized carbons (Fsp3) is 0.146. The van der Waals surface area contributed by atoms with Crippen molar-refractivity contribution in [3.05, 3.63) is 202 Å². The van der Waals surface area contributed by atoms with E-state index in [0.29, 0.717) is 15.3 Å². The van der Waals surface area contributed by atoms with Crippen molar-refractivity contribution < 1.29 is 24.0 Å². The maximum absolute atomic E-state index is 14.2. The first kappa shape index (κ1) is 41.5. The molecule has 3 heterocycles. The molecule has 1 fully saturated rings. The van der Waals surface area contributed by atoms with E-state index in [1.807, 2.05) is 115 Å². The number of carbonyl (C=O) groups excluding carboxylic acids is 3. The number of halogens is 1. The second kappa shape index (κ2) is 19.0. The van der Waals surface area contributed by atoms with E-state index in [2.05, 4.69) is 80.7 Å². The summed E-state index contributed by atoms with van der Waals surface area (Å²) in [4.78, 5) is 54.1. The lowest BCUT2D eigenvalue weighted by Gasteiger charge is -2.49. The molecule has 5 aromatic carbocycles. The number of rotatable bonds is 15. The van der Waals surface area contributed by atoms with Crippen molar-refractivity contribution in [2.75, 3.05) is 22.1 Å². The van der Waals surface area contributed by atoms with Crippen LogP contribution >= 0.6 is 45.7 Å². The average Bonchev–Trinajstić information content (AvgIpc) is 3.79. The number of β-lactam (4-membered cyclic amide) rings is 1. The highest BCUT2D eigenvalue weighted by molar-refractivity contribution is 14.1. The summed E-state index contributed by atoms with van der Waals surface area (Å²) in [6, 6.07) is 48.2. The second-order valence-electron chi connectivity index (χ2n) is 14.0. The van der Waals surface area contributed by atoms with Crippen LogP contribution in [0.25, 0.3) is 0 Å². The van der Waals surface area contributed by atoms with Crippen molar-refractivity contribution in [2.45, 2.75) is 23.1 Å². The van der Waals surface area contributed by atoms with Crippen molar-refractivity contribution in [3.8, 4) is 12.3 Å². The van der Waals surface area contributed by atoms with Gasteiger partial charge in [-0.05, 0) is 33.4 Å². The zero-order valence-corrected chi connectivity index (χ0v) is 36.3. The number of hydrogen-bond donors (Lipinski definition) is 2. The number of benzene rings is 5. The van der Waals surface area contributed by atoms with Crippen LogP contribution in [0, 0.1) is 12.3 Å². The molecule has 2 unspecified atom stereocenters. The average molecular weight is 956 g/mol. The largest absolute Gasteiger partial charge is 0.448 e. The number of carbonyl (C=O) groups is 3. The minimum atomic E-state index is -0.967. The molecule has 2 atom stereocenters. The summed E-state index contributed by atoms with van der Waals surface area (Å²) in [6.45, 7) is -0.192. The summed E-state index contributed by atoms with van der Waals surface area (Å²) < 4.78 is 6.74. The number of terminal acetylenes is 1. The number of nitrogens with one attached hydrogen (secondary N) is 2. The summed E-state index contributed by atoms with van der Waals surface area (Å²) in [5, 5.41) is 12.4. The summed E-state index contributed by atoms with van der Waals surface area (Å²) >= 11 is 4.95. The van der Waals surface area contributed by atoms with Gasteiger partial charge in [-0.2, -0.15) is 0 Å². The Bertz CT molecular complexity index is 2470. The van der Waals surface area contributed by atoms with Gasteiger partial charge in [0.25, 0.3) is 11.8 Å². The Labute approximate surface area is 375 Å². The van der Waals surface area contributed by atoms with Crippen molar-refractivity contribution >= 4 is 74.3 Å². The number of aromatic nitrogens is 1. The third-order valence-corrected chi connectivity index (χ3v) is 13.3. The number of amides is 2. The number of anilines is 1. The van der Waals surface area contributed by atoms with E-state index >= 15 is 0 Å². The lowest BCUT2D eigenvalue weighted by Crippen LogP contribution is -2.71. The minimum Gasteiger partial charge on any atom is -0.448 e. The van der Waals surface area contributed by atoms with Crippen LogP contribution in [0.3, 0.4) is 0 Å². The number of nitrogens with zero attached hydrogens (tertiary/aromatic N) is 3. The number of thiazole rings is 1. The minimum absolute atomic E-state index is 0.159. The standard InChI is InChI=1S/C48H38IN5O5S2/c1-2-28-58-53-39(38-31-61-47(50-38)52-48(35-22-12-5-13-23-35,36-24-14-6-15-25-36)37-26-16-7-17-27-37)43(55)51-40-44(56)54-41(34(29-49)30-60-45(40)54)46(57)59-42(32-18-8-3-9-19-32)33-20-10-4-11-21-33/h1,3-27,31,40,42,45H,28-30H2,(H,50,52)(H,51,55)/b53-39-. The molecule has 2 amide bonds. The van der Waals surface area contributed by atoms with Crippen LogP contribution in [0.5, 0.6) is 0 Å². The molecule has 2 N–H and O–H groups in total. The van der Waals surface area contributed by atoms with Gasteiger partial charge in [-0.25, -0.2) is 9.78 Å². The van der Waals surface area contributed by atoms with Crippen LogP contribution in [-0.4, -0.2) is 61.6 Å². The molecule has 0 saturated carbocycles. The van der Waals surface area contributed by atoms with Gasteiger partial charge in [0.05, 0.1) is 0 Å².